The number of carbonyl (C=O) groups is 1. The van der Waals surface area contributed by atoms with Gasteiger partial charge in [0.15, 0.2) is 0 Å². The summed E-state index contributed by atoms with van der Waals surface area (Å²) in [5.41, 5.74) is 0. The minimum atomic E-state index is -0.100. The first-order valence-electron chi connectivity index (χ1n) is 7.25. The Hall–Kier alpha value is -1.08. The number of rotatable bonds is 3. The highest BCUT2D eigenvalue weighted by atomic mass is 32.2. The van der Waals surface area contributed by atoms with Crippen LogP contribution in [0, 0.1) is 0 Å². The molecule has 6 nitrogen and oxygen atoms in total. The van der Waals surface area contributed by atoms with Gasteiger partial charge in [0.1, 0.15) is 0 Å². The van der Waals surface area contributed by atoms with Gasteiger partial charge in [0.25, 0.3) is 11.7 Å². The van der Waals surface area contributed by atoms with E-state index in [-0.39, 0.29) is 17.8 Å². The van der Waals surface area contributed by atoms with Gasteiger partial charge in [-0.05, 0) is 25.8 Å². The molecule has 2 saturated heterocycles. The third-order valence-corrected chi connectivity index (χ3v) is 5.24. The number of hydrogen-bond acceptors (Lipinski definition) is 6. The molecule has 1 aromatic heterocycles. The molecular weight excluding hydrogens is 276 g/mol. The minimum Gasteiger partial charge on any atom is -0.337 e. The number of amides is 1. The van der Waals surface area contributed by atoms with Crippen LogP contribution in [0.3, 0.4) is 0 Å². The van der Waals surface area contributed by atoms with Crippen LogP contribution in [0.2, 0.25) is 0 Å². The maximum Gasteiger partial charge on any atom is 0.295 e. The second-order valence-electron chi connectivity index (χ2n) is 5.26. The van der Waals surface area contributed by atoms with Crippen molar-refractivity contribution in [3.63, 3.8) is 0 Å². The molecule has 2 fully saturated rings. The lowest BCUT2D eigenvalue weighted by Gasteiger charge is -2.30. The van der Waals surface area contributed by atoms with Crippen molar-refractivity contribution in [3.05, 3.63) is 11.7 Å². The molecule has 0 radical (unpaired) electrons. The van der Waals surface area contributed by atoms with Crippen molar-refractivity contribution < 1.29 is 9.32 Å². The molecule has 1 aromatic rings. The number of nitrogens with one attached hydrogen (secondary N) is 1. The molecule has 2 atom stereocenters. The number of nitrogens with zero attached hydrogens (tertiary/aromatic N) is 3. The predicted octanol–water partition coefficient (Wildman–Crippen LogP) is 1.46. The van der Waals surface area contributed by atoms with Gasteiger partial charge in [0.05, 0.1) is 6.04 Å². The summed E-state index contributed by atoms with van der Waals surface area (Å²) in [6, 6.07) is 0.115. The van der Waals surface area contributed by atoms with Crippen LogP contribution in [-0.4, -0.2) is 51.6 Å². The maximum absolute atomic E-state index is 12.4. The van der Waals surface area contributed by atoms with E-state index in [0.29, 0.717) is 11.1 Å². The number of carbonyl (C=O) groups excluding carboxylic acids is 1. The van der Waals surface area contributed by atoms with Gasteiger partial charge in [-0.15, -0.1) is 0 Å². The largest absolute Gasteiger partial charge is 0.337 e. The van der Waals surface area contributed by atoms with Crippen LogP contribution in [0.4, 0.5) is 0 Å². The van der Waals surface area contributed by atoms with Crippen molar-refractivity contribution in [1.82, 2.24) is 20.4 Å². The Kier molecular flexibility index (Phi) is 4.26. The molecule has 2 aliphatic heterocycles. The zero-order chi connectivity index (χ0) is 13.9. The molecule has 0 spiro atoms. The highest BCUT2D eigenvalue weighted by Crippen LogP contribution is 2.24. The Morgan fingerprint density at radius 3 is 3.25 bits per heavy atom. The predicted molar refractivity (Wildman–Crippen MR) is 76.7 cm³/mol. The average Bonchev–Trinajstić information content (AvgIpc) is 3.17. The molecule has 110 valence electrons. The summed E-state index contributed by atoms with van der Waals surface area (Å²) >= 11 is 1.94. The molecule has 20 heavy (non-hydrogen) atoms. The third-order valence-electron chi connectivity index (χ3n) is 3.87. The Morgan fingerprint density at radius 2 is 2.50 bits per heavy atom. The van der Waals surface area contributed by atoms with E-state index in [4.69, 9.17) is 4.52 Å². The number of hydrogen-bond donors (Lipinski definition) is 1. The summed E-state index contributed by atoms with van der Waals surface area (Å²) in [6.07, 6.45) is 3.18. The first-order chi connectivity index (χ1) is 9.78. The lowest BCUT2D eigenvalue weighted by molar-refractivity contribution is 0.0745. The minimum absolute atomic E-state index is 0.100. The van der Waals surface area contributed by atoms with Gasteiger partial charge in [-0.3, -0.25) is 4.79 Å². The van der Waals surface area contributed by atoms with Crippen LogP contribution < -0.4 is 5.32 Å². The number of thioether (sulfide) groups is 1. The summed E-state index contributed by atoms with van der Waals surface area (Å²) < 4.78 is 5.24. The van der Waals surface area contributed by atoms with Crippen LogP contribution in [0.25, 0.3) is 0 Å². The fraction of sp³-hybridized carbons (Fsp3) is 0.769. The molecule has 1 amide bonds. The topological polar surface area (TPSA) is 71.3 Å². The maximum atomic E-state index is 12.4. The van der Waals surface area contributed by atoms with Crippen LogP contribution in [0.15, 0.2) is 4.52 Å². The van der Waals surface area contributed by atoms with E-state index < -0.39 is 0 Å². The van der Waals surface area contributed by atoms with Crippen molar-refractivity contribution in [2.75, 3.05) is 25.4 Å². The molecule has 0 aromatic carbocycles. The van der Waals surface area contributed by atoms with Gasteiger partial charge in [-0.25, -0.2) is 0 Å². The molecule has 3 heterocycles. The molecule has 0 saturated carbocycles. The molecular formula is C13H20N4O2S. The Bertz CT molecular complexity index is 473. The van der Waals surface area contributed by atoms with Gasteiger partial charge < -0.3 is 14.7 Å². The van der Waals surface area contributed by atoms with Gasteiger partial charge in [-0.1, -0.05) is 12.1 Å². The Balaban J connectivity index is 1.67. The average molecular weight is 296 g/mol. The van der Waals surface area contributed by atoms with E-state index in [0.717, 1.165) is 44.6 Å². The van der Waals surface area contributed by atoms with Gasteiger partial charge in [0.2, 0.25) is 5.89 Å². The van der Waals surface area contributed by atoms with E-state index >= 15 is 0 Å². The lowest BCUT2D eigenvalue weighted by atomic mass is 10.2. The third kappa shape index (κ3) is 2.83. The van der Waals surface area contributed by atoms with E-state index in [1.807, 2.05) is 16.7 Å². The quantitative estimate of drug-likeness (QED) is 0.910. The highest BCUT2D eigenvalue weighted by Gasteiger charge is 2.29. The summed E-state index contributed by atoms with van der Waals surface area (Å²) in [4.78, 5) is 18.5. The fourth-order valence-electron chi connectivity index (χ4n) is 2.65. The second-order valence-corrected chi connectivity index (χ2v) is 6.67. The Labute approximate surface area is 122 Å². The van der Waals surface area contributed by atoms with Gasteiger partial charge in [-0.2, -0.15) is 16.7 Å². The van der Waals surface area contributed by atoms with E-state index in [1.54, 1.807) is 0 Å². The Morgan fingerprint density at radius 1 is 1.60 bits per heavy atom. The smallest absolute Gasteiger partial charge is 0.295 e. The van der Waals surface area contributed by atoms with Crippen LogP contribution in [0.1, 0.15) is 48.7 Å². The molecule has 2 unspecified atom stereocenters. The first-order valence-corrected chi connectivity index (χ1v) is 8.30. The number of aromatic nitrogens is 2. The monoisotopic (exact) mass is 296 g/mol. The van der Waals surface area contributed by atoms with Crippen molar-refractivity contribution in [2.24, 2.45) is 0 Å². The SMILES string of the molecule is CCC1CN(C(=O)c2noc(C3CCCN3)n2)CCS1. The van der Waals surface area contributed by atoms with Crippen molar-refractivity contribution in [3.8, 4) is 0 Å². The lowest BCUT2D eigenvalue weighted by Crippen LogP contribution is -2.42. The molecule has 0 aliphatic carbocycles. The summed E-state index contributed by atoms with van der Waals surface area (Å²) in [5, 5.41) is 7.68. The van der Waals surface area contributed by atoms with Crippen LogP contribution in [-0.2, 0) is 0 Å². The van der Waals surface area contributed by atoms with Crippen molar-refractivity contribution in [1.29, 1.82) is 0 Å². The normalized spacial score (nSPS) is 26.9. The summed E-state index contributed by atoms with van der Waals surface area (Å²) in [6.45, 7) is 4.68. The fourth-order valence-corrected chi connectivity index (χ4v) is 3.83. The van der Waals surface area contributed by atoms with Gasteiger partial charge >= 0.3 is 0 Å². The highest BCUT2D eigenvalue weighted by molar-refractivity contribution is 8.00. The van der Waals surface area contributed by atoms with Crippen LogP contribution in [0.5, 0.6) is 0 Å². The van der Waals surface area contributed by atoms with Crippen molar-refractivity contribution >= 4 is 17.7 Å². The first kappa shape index (κ1) is 13.9. The molecule has 2 aliphatic rings. The molecule has 7 heteroatoms. The summed E-state index contributed by atoms with van der Waals surface area (Å²) in [7, 11) is 0. The molecule has 0 bridgehead atoms. The van der Waals surface area contributed by atoms with E-state index in [1.165, 1.54) is 0 Å². The van der Waals surface area contributed by atoms with E-state index in [2.05, 4.69) is 22.4 Å². The van der Waals surface area contributed by atoms with Gasteiger partial charge in [0, 0.05) is 24.1 Å². The zero-order valence-electron chi connectivity index (χ0n) is 11.7. The molecule has 3 rings (SSSR count). The standard InChI is InChI=1S/C13H20N4O2S/c1-2-9-8-17(6-7-20-9)13(18)11-15-12(19-16-11)10-4-3-5-14-10/h9-10,14H,2-8H2,1H3. The second kappa shape index (κ2) is 6.13. The van der Waals surface area contributed by atoms with Crippen molar-refractivity contribution in [2.45, 2.75) is 37.5 Å². The zero-order valence-corrected chi connectivity index (χ0v) is 12.5. The molecule has 1 N–H and O–H groups in total. The van der Waals surface area contributed by atoms with E-state index in [9.17, 15) is 4.79 Å². The summed E-state index contributed by atoms with van der Waals surface area (Å²) in [5.74, 6) is 1.63. The van der Waals surface area contributed by atoms with Crippen LogP contribution >= 0.6 is 11.8 Å².